The van der Waals surface area contributed by atoms with Crippen molar-refractivity contribution in [2.45, 2.75) is 0 Å². The average molecular weight is 442 g/mol. The summed E-state index contributed by atoms with van der Waals surface area (Å²) >= 11 is 0. The van der Waals surface area contributed by atoms with Crippen molar-refractivity contribution in [1.29, 1.82) is 0 Å². The van der Waals surface area contributed by atoms with Gasteiger partial charge in [-0.25, -0.2) is 19.3 Å². The third kappa shape index (κ3) is 4.25. The zero-order valence-corrected chi connectivity index (χ0v) is 18.2. The number of pyridine rings is 1. The van der Waals surface area contributed by atoms with Gasteiger partial charge in [-0.15, -0.1) is 0 Å². The molecule has 1 aliphatic rings. The Morgan fingerprint density at radius 2 is 1.67 bits per heavy atom. The van der Waals surface area contributed by atoms with E-state index in [0.29, 0.717) is 22.5 Å². The third-order valence-corrected chi connectivity index (χ3v) is 5.72. The Hall–Kier alpha value is -3.91. The summed E-state index contributed by atoms with van der Waals surface area (Å²) in [6.45, 7) is 3.13. The molecule has 0 atom stereocenters. The maximum Gasteiger partial charge on any atom is 0.295 e. The van der Waals surface area contributed by atoms with Gasteiger partial charge >= 0.3 is 0 Å². The van der Waals surface area contributed by atoms with Crippen LogP contribution in [0.1, 0.15) is 10.6 Å². The Kier molecular flexibility index (Phi) is 5.66. The highest BCUT2D eigenvalue weighted by molar-refractivity contribution is 6.05. The molecule has 1 aliphatic heterocycles. The molecule has 2 aromatic heterocycles. The second-order valence-corrected chi connectivity index (χ2v) is 7.88. The van der Waals surface area contributed by atoms with Gasteiger partial charge in [0.1, 0.15) is 11.3 Å². The highest BCUT2D eigenvalue weighted by Crippen LogP contribution is 2.27. The normalized spacial score (nSPS) is 13.8. The monoisotopic (exact) mass is 442 g/mol. The van der Waals surface area contributed by atoms with E-state index in [4.69, 9.17) is 9.97 Å². The molecule has 7 nitrogen and oxygen atoms in total. The van der Waals surface area contributed by atoms with Crippen LogP contribution in [-0.4, -0.2) is 54.1 Å². The fourth-order valence-corrected chi connectivity index (χ4v) is 3.89. The van der Waals surface area contributed by atoms with Crippen LogP contribution in [0.5, 0.6) is 0 Å². The molecule has 0 saturated carbocycles. The van der Waals surface area contributed by atoms with Gasteiger partial charge in [-0.2, -0.15) is 0 Å². The summed E-state index contributed by atoms with van der Waals surface area (Å²) < 4.78 is 13.4. The first-order valence-corrected chi connectivity index (χ1v) is 10.8. The lowest BCUT2D eigenvalue weighted by Crippen LogP contribution is -2.44. The Bertz CT molecular complexity index is 1290. The van der Waals surface area contributed by atoms with Crippen LogP contribution in [0.4, 0.5) is 15.9 Å². The molecule has 1 saturated heterocycles. The number of hydrogen-bond donors (Lipinski definition) is 1. The molecule has 5 rings (SSSR count). The van der Waals surface area contributed by atoms with Crippen LogP contribution in [-0.2, 0) is 0 Å². The fourth-order valence-electron chi connectivity index (χ4n) is 3.89. The van der Waals surface area contributed by atoms with E-state index in [0.717, 1.165) is 37.4 Å². The van der Waals surface area contributed by atoms with E-state index in [9.17, 15) is 9.18 Å². The molecular weight excluding hydrogens is 419 g/mol. The molecular formula is C25H23FN6O. The Labute approximate surface area is 190 Å². The van der Waals surface area contributed by atoms with E-state index in [1.54, 1.807) is 24.1 Å². The average Bonchev–Trinajstić information content (AvgIpc) is 2.88. The number of halogens is 1. The number of rotatable bonds is 4. The molecule has 0 aliphatic carbocycles. The third-order valence-electron chi connectivity index (χ3n) is 5.72. The van der Waals surface area contributed by atoms with E-state index < -0.39 is 0 Å². The maximum atomic E-state index is 13.4. The predicted octanol–water partition coefficient (Wildman–Crippen LogP) is 3.52. The van der Waals surface area contributed by atoms with Gasteiger partial charge in [-0.1, -0.05) is 18.2 Å². The number of nitrogens with one attached hydrogen (secondary N) is 1. The van der Waals surface area contributed by atoms with Crippen molar-refractivity contribution in [1.82, 2.24) is 20.3 Å². The summed E-state index contributed by atoms with van der Waals surface area (Å²) in [6.07, 6.45) is 0. The lowest BCUT2D eigenvalue weighted by atomic mass is 10.1. The highest BCUT2D eigenvalue weighted by Gasteiger charge is 2.23. The summed E-state index contributed by atoms with van der Waals surface area (Å²) in [6, 6.07) is 19.3. The SMILES string of the molecule is CN(C(=O)c1nc(N2CCNCC2)c2nc(-c3ccc(F)cc3)ccc2n1)c1ccccc1. The molecule has 1 fully saturated rings. The summed E-state index contributed by atoms with van der Waals surface area (Å²) in [4.78, 5) is 31.0. The molecule has 0 spiro atoms. The van der Waals surface area contributed by atoms with Gasteiger partial charge in [0.15, 0.2) is 5.82 Å². The van der Waals surface area contributed by atoms with Gasteiger partial charge in [0.05, 0.1) is 11.2 Å². The largest absolute Gasteiger partial charge is 0.352 e. The number of nitrogens with zero attached hydrogens (tertiary/aromatic N) is 5. The smallest absolute Gasteiger partial charge is 0.295 e. The number of anilines is 2. The van der Waals surface area contributed by atoms with Gasteiger partial charge in [-0.05, 0) is 48.5 Å². The van der Waals surface area contributed by atoms with Gasteiger partial charge in [-0.3, -0.25) is 4.79 Å². The number of piperazine rings is 1. The molecule has 0 unspecified atom stereocenters. The van der Waals surface area contributed by atoms with E-state index in [2.05, 4.69) is 15.2 Å². The van der Waals surface area contributed by atoms with Crippen LogP contribution in [0, 0.1) is 5.82 Å². The number of hydrogen-bond acceptors (Lipinski definition) is 6. The lowest BCUT2D eigenvalue weighted by Gasteiger charge is -2.29. The van der Waals surface area contributed by atoms with Crippen LogP contribution >= 0.6 is 0 Å². The summed E-state index contributed by atoms with van der Waals surface area (Å²) in [5, 5.41) is 3.34. The van der Waals surface area contributed by atoms with Crippen molar-refractivity contribution in [3.63, 3.8) is 0 Å². The van der Waals surface area contributed by atoms with E-state index >= 15 is 0 Å². The standard InChI is InChI=1S/C25H23FN6O/c1-31(19-5-3-2-4-6-19)25(33)23-29-21-12-11-20(17-7-9-18(26)10-8-17)28-22(21)24(30-23)32-15-13-27-14-16-32/h2-12,27H,13-16H2,1H3. The number of fused-ring (bicyclic) bond motifs is 1. The minimum atomic E-state index is -0.296. The number of carbonyl (C=O) groups is 1. The van der Waals surface area contributed by atoms with Crippen molar-refractivity contribution in [3.05, 3.63) is 78.4 Å². The minimum Gasteiger partial charge on any atom is -0.352 e. The van der Waals surface area contributed by atoms with Crippen molar-refractivity contribution in [2.24, 2.45) is 0 Å². The van der Waals surface area contributed by atoms with Crippen LogP contribution in [0.25, 0.3) is 22.3 Å². The van der Waals surface area contributed by atoms with Crippen LogP contribution in [0.3, 0.4) is 0 Å². The number of para-hydroxylation sites is 1. The number of amides is 1. The van der Waals surface area contributed by atoms with Crippen molar-refractivity contribution >= 4 is 28.4 Å². The molecule has 33 heavy (non-hydrogen) atoms. The molecule has 1 amide bonds. The van der Waals surface area contributed by atoms with Crippen LogP contribution in [0.2, 0.25) is 0 Å². The fraction of sp³-hybridized carbons (Fsp3) is 0.200. The first-order chi connectivity index (χ1) is 16.1. The summed E-state index contributed by atoms with van der Waals surface area (Å²) in [5.41, 5.74) is 3.48. The van der Waals surface area contributed by atoms with Crippen molar-refractivity contribution in [2.75, 3.05) is 43.0 Å². The number of carbonyl (C=O) groups excluding carboxylic acids is 1. The highest BCUT2D eigenvalue weighted by atomic mass is 19.1. The zero-order valence-electron chi connectivity index (χ0n) is 18.2. The topological polar surface area (TPSA) is 74.2 Å². The molecule has 0 radical (unpaired) electrons. The zero-order chi connectivity index (χ0) is 22.8. The van der Waals surface area contributed by atoms with Crippen LogP contribution < -0.4 is 15.1 Å². The molecule has 4 aromatic rings. The second kappa shape index (κ2) is 8.91. The molecule has 0 bridgehead atoms. The van der Waals surface area contributed by atoms with Crippen molar-refractivity contribution in [3.8, 4) is 11.3 Å². The molecule has 1 N–H and O–H groups in total. The van der Waals surface area contributed by atoms with Crippen LogP contribution in [0.15, 0.2) is 66.7 Å². The maximum absolute atomic E-state index is 13.4. The van der Waals surface area contributed by atoms with E-state index in [1.807, 2.05) is 42.5 Å². The Morgan fingerprint density at radius 3 is 2.39 bits per heavy atom. The number of benzene rings is 2. The molecule has 166 valence electrons. The number of aromatic nitrogens is 3. The molecule has 8 heteroatoms. The van der Waals surface area contributed by atoms with Gasteiger partial charge in [0.2, 0.25) is 5.82 Å². The minimum absolute atomic E-state index is 0.124. The van der Waals surface area contributed by atoms with Gasteiger partial charge < -0.3 is 15.1 Å². The van der Waals surface area contributed by atoms with E-state index in [1.165, 1.54) is 12.1 Å². The van der Waals surface area contributed by atoms with Gasteiger partial charge in [0, 0.05) is 44.5 Å². The van der Waals surface area contributed by atoms with E-state index in [-0.39, 0.29) is 17.5 Å². The van der Waals surface area contributed by atoms with Crippen molar-refractivity contribution < 1.29 is 9.18 Å². The van der Waals surface area contributed by atoms with Gasteiger partial charge in [0.25, 0.3) is 5.91 Å². The molecule has 2 aromatic carbocycles. The molecule has 3 heterocycles. The Balaban J connectivity index is 1.61. The Morgan fingerprint density at radius 1 is 0.939 bits per heavy atom. The first kappa shape index (κ1) is 21.0. The quantitative estimate of drug-likeness (QED) is 0.521. The lowest BCUT2D eigenvalue weighted by molar-refractivity contribution is 0.0983. The second-order valence-electron chi connectivity index (χ2n) is 7.88. The first-order valence-electron chi connectivity index (χ1n) is 10.8. The summed E-state index contributed by atoms with van der Waals surface area (Å²) in [5.74, 6) is 0.172. The summed E-state index contributed by atoms with van der Waals surface area (Å²) in [7, 11) is 1.71. The predicted molar refractivity (Wildman–Crippen MR) is 127 cm³/mol.